The van der Waals surface area contributed by atoms with Gasteiger partial charge >= 0.3 is 5.69 Å². The van der Waals surface area contributed by atoms with Crippen molar-refractivity contribution in [2.24, 2.45) is 0 Å². The van der Waals surface area contributed by atoms with E-state index in [2.05, 4.69) is 20.5 Å². The molecule has 50 valence electrons. The van der Waals surface area contributed by atoms with E-state index in [1.807, 2.05) is 0 Å². The summed E-state index contributed by atoms with van der Waals surface area (Å²) in [4.78, 5) is 12.9. The molecular weight excluding hydrogens is 120 g/mol. The first-order chi connectivity index (χ1) is 4.33. The van der Waals surface area contributed by atoms with Gasteiger partial charge in [-0.2, -0.15) is 5.10 Å². The Morgan fingerprint density at radius 1 is 1.78 bits per heavy atom. The molecule has 0 bridgehead atoms. The molecule has 5 nitrogen and oxygen atoms in total. The van der Waals surface area contributed by atoms with Crippen LogP contribution in [0.4, 0.5) is 0 Å². The number of hydrogen-bond acceptors (Lipinski definition) is 3. The van der Waals surface area contributed by atoms with Crippen LogP contribution in [-0.2, 0) is 6.54 Å². The highest BCUT2D eigenvalue weighted by Crippen LogP contribution is 1.76. The molecule has 1 aromatic rings. The van der Waals surface area contributed by atoms with Crippen LogP contribution in [-0.4, -0.2) is 22.2 Å². The van der Waals surface area contributed by atoms with Crippen LogP contribution in [0, 0.1) is 0 Å². The SMILES string of the molecule is CNCc1n[nH]c(=O)[nH]1. The predicted molar refractivity (Wildman–Crippen MR) is 32.0 cm³/mol. The van der Waals surface area contributed by atoms with E-state index in [1.165, 1.54) is 0 Å². The van der Waals surface area contributed by atoms with E-state index in [1.54, 1.807) is 7.05 Å². The molecule has 0 saturated carbocycles. The van der Waals surface area contributed by atoms with Crippen molar-refractivity contribution < 1.29 is 0 Å². The van der Waals surface area contributed by atoms with E-state index in [9.17, 15) is 4.79 Å². The molecule has 0 radical (unpaired) electrons. The molecule has 0 amide bonds. The quantitative estimate of drug-likeness (QED) is 0.469. The lowest BCUT2D eigenvalue weighted by Gasteiger charge is -1.87. The van der Waals surface area contributed by atoms with E-state index in [-0.39, 0.29) is 5.69 Å². The van der Waals surface area contributed by atoms with Crippen molar-refractivity contribution >= 4 is 0 Å². The minimum atomic E-state index is -0.264. The van der Waals surface area contributed by atoms with Crippen LogP contribution in [0.5, 0.6) is 0 Å². The molecule has 0 aliphatic rings. The third kappa shape index (κ3) is 1.39. The first-order valence-corrected chi connectivity index (χ1v) is 2.61. The zero-order chi connectivity index (χ0) is 6.69. The highest BCUT2D eigenvalue weighted by molar-refractivity contribution is 4.77. The highest BCUT2D eigenvalue weighted by atomic mass is 16.1. The Morgan fingerprint density at radius 3 is 3.00 bits per heavy atom. The molecule has 3 N–H and O–H groups in total. The smallest absolute Gasteiger partial charge is 0.313 e. The van der Waals surface area contributed by atoms with Gasteiger partial charge in [0.1, 0.15) is 5.82 Å². The molecule has 0 aliphatic carbocycles. The number of H-pyrrole nitrogens is 2. The van der Waals surface area contributed by atoms with Crippen LogP contribution in [0.3, 0.4) is 0 Å². The maximum atomic E-state index is 10.4. The van der Waals surface area contributed by atoms with Gasteiger partial charge in [0.05, 0.1) is 6.54 Å². The van der Waals surface area contributed by atoms with Gasteiger partial charge in [0, 0.05) is 0 Å². The van der Waals surface area contributed by atoms with Gasteiger partial charge < -0.3 is 5.32 Å². The topological polar surface area (TPSA) is 73.6 Å². The normalized spacial score (nSPS) is 9.89. The van der Waals surface area contributed by atoms with Crippen LogP contribution < -0.4 is 11.0 Å². The molecule has 0 aliphatic heterocycles. The molecule has 9 heavy (non-hydrogen) atoms. The number of nitrogens with zero attached hydrogens (tertiary/aromatic N) is 1. The van der Waals surface area contributed by atoms with Gasteiger partial charge in [-0.1, -0.05) is 0 Å². The van der Waals surface area contributed by atoms with Gasteiger partial charge in [0.2, 0.25) is 0 Å². The maximum Gasteiger partial charge on any atom is 0.340 e. The second kappa shape index (κ2) is 2.45. The van der Waals surface area contributed by atoms with Gasteiger partial charge in [-0.15, -0.1) is 0 Å². The Kier molecular flexibility index (Phi) is 1.64. The first-order valence-electron chi connectivity index (χ1n) is 2.61. The van der Waals surface area contributed by atoms with Gasteiger partial charge in [0.15, 0.2) is 0 Å². The Balaban J connectivity index is 2.73. The minimum absolute atomic E-state index is 0.264. The Morgan fingerprint density at radius 2 is 2.56 bits per heavy atom. The molecule has 0 spiro atoms. The van der Waals surface area contributed by atoms with Crippen molar-refractivity contribution in [3.8, 4) is 0 Å². The predicted octanol–water partition coefficient (Wildman–Crippen LogP) is -1.18. The molecule has 1 heterocycles. The van der Waals surface area contributed by atoms with Crippen LogP contribution in [0.1, 0.15) is 5.82 Å². The summed E-state index contributed by atoms with van der Waals surface area (Å²) in [5.74, 6) is 0.627. The largest absolute Gasteiger partial charge is 0.340 e. The Hall–Kier alpha value is -1.10. The van der Waals surface area contributed by atoms with Crippen molar-refractivity contribution in [1.82, 2.24) is 20.5 Å². The fourth-order valence-corrected chi connectivity index (χ4v) is 0.556. The summed E-state index contributed by atoms with van der Waals surface area (Å²) in [6, 6.07) is 0. The summed E-state index contributed by atoms with van der Waals surface area (Å²) < 4.78 is 0. The third-order valence-corrected chi connectivity index (χ3v) is 0.894. The third-order valence-electron chi connectivity index (χ3n) is 0.894. The fourth-order valence-electron chi connectivity index (χ4n) is 0.556. The lowest BCUT2D eigenvalue weighted by atomic mass is 10.6. The van der Waals surface area contributed by atoms with E-state index in [4.69, 9.17) is 0 Å². The monoisotopic (exact) mass is 128 g/mol. The zero-order valence-electron chi connectivity index (χ0n) is 5.06. The molecule has 0 atom stereocenters. The maximum absolute atomic E-state index is 10.4. The van der Waals surface area contributed by atoms with E-state index < -0.39 is 0 Å². The second-order valence-corrected chi connectivity index (χ2v) is 1.65. The molecular formula is C4H8N4O. The summed E-state index contributed by atoms with van der Waals surface area (Å²) >= 11 is 0. The Labute approximate surface area is 51.5 Å². The van der Waals surface area contributed by atoms with Crippen LogP contribution in [0.15, 0.2) is 4.79 Å². The van der Waals surface area contributed by atoms with Gasteiger partial charge in [-0.05, 0) is 7.05 Å². The number of rotatable bonds is 2. The van der Waals surface area contributed by atoms with Crippen molar-refractivity contribution in [1.29, 1.82) is 0 Å². The number of nitrogens with one attached hydrogen (secondary N) is 3. The summed E-state index contributed by atoms with van der Waals surface area (Å²) in [5.41, 5.74) is -0.264. The highest BCUT2D eigenvalue weighted by Gasteiger charge is 1.92. The molecule has 0 aromatic carbocycles. The lowest BCUT2D eigenvalue weighted by Crippen LogP contribution is -2.08. The number of aromatic nitrogens is 3. The average Bonchev–Trinajstić information content (AvgIpc) is 2.17. The van der Waals surface area contributed by atoms with Gasteiger partial charge in [-0.25, -0.2) is 9.89 Å². The van der Waals surface area contributed by atoms with Gasteiger partial charge in [-0.3, -0.25) is 4.98 Å². The minimum Gasteiger partial charge on any atom is -0.313 e. The van der Waals surface area contributed by atoms with Crippen LogP contribution >= 0.6 is 0 Å². The van der Waals surface area contributed by atoms with Crippen LogP contribution in [0.2, 0.25) is 0 Å². The van der Waals surface area contributed by atoms with Crippen LogP contribution in [0.25, 0.3) is 0 Å². The molecule has 0 saturated heterocycles. The average molecular weight is 128 g/mol. The van der Waals surface area contributed by atoms with E-state index in [0.717, 1.165) is 0 Å². The van der Waals surface area contributed by atoms with Gasteiger partial charge in [0.25, 0.3) is 0 Å². The molecule has 1 rings (SSSR count). The summed E-state index contributed by atoms with van der Waals surface area (Å²) in [5, 5.41) is 8.75. The second-order valence-electron chi connectivity index (χ2n) is 1.65. The summed E-state index contributed by atoms with van der Waals surface area (Å²) in [6.45, 7) is 0.582. The lowest BCUT2D eigenvalue weighted by molar-refractivity contribution is 0.763. The summed E-state index contributed by atoms with van der Waals surface area (Å²) in [7, 11) is 1.78. The standard InChI is InChI=1S/C4H8N4O/c1-5-2-3-6-4(9)8-7-3/h5H,2H2,1H3,(H2,6,7,8,9). The molecule has 1 aromatic heterocycles. The Bertz CT molecular complexity index is 224. The first kappa shape index (κ1) is 6.03. The molecule has 0 unspecified atom stereocenters. The number of hydrogen-bond donors (Lipinski definition) is 3. The van der Waals surface area contributed by atoms with E-state index in [0.29, 0.717) is 12.4 Å². The van der Waals surface area contributed by atoms with E-state index >= 15 is 0 Å². The van der Waals surface area contributed by atoms with Crippen molar-refractivity contribution in [2.75, 3.05) is 7.05 Å². The molecule has 5 heteroatoms. The zero-order valence-corrected chi connectivity index (χ0v) is 5.06. The fraction of sp³-hybridized carbons (Fsp3) is 0.500. The van der Waals surface area contributed by atoms with Crippen molar-refractivity contribution in [3.63, 3.8) is 0 Å². The summed E-state index contributed by atoms with van der Waals surface area (Å²) in [6.07, 6.45) is 0. The van der Waals surface area contributed by atoms with Crippen molar-refractivity contribution in [2.45, 2.75) is 6.54 Å². The number of aromatic amines is 2. The van der Waals surface area contributed by atoms with Crippen molar-refractivity contribution in [3.05, 3.63) is 16.3 Å². The molecule has 0 fully saturated rings.